The van der Waals surface area contributed by atoms with Gasteiger partial charge in [-0.25, -0.2) is 4.79 Å². The maximum Gasteiger partial charge on any atom is 0.326 e. The minimum Gasteiger partial charge on any atom is -0.480 e. The fourth-order valence-electron chi connectivity index (χ4n) is 2.79. The Bertz CT molecular complexity index is 554. The standard InChI is InChI=1S/C15H18N2O3/c1-16(11-6-7-11)14(18)9-17-12-5-3-2-4-10(12)8-13(17)15(19)20/h2-5,11,13H,6-9H2,1H3,(H,19,20). The molecule has 0 aromatic heterocycles. The number of carboxylic acid groups (broad SMARTS) is 1. The molecular formula is C15H18N2O3. The van der Waals surface area contributed by atoms with Crippen LogP contribution in [-0.2, 0) is 16.0 Å². The van der Waals surface area contributed by atoms with E-state index < -0.39 is 12.0 Å². The zero-order valence-electron chi connectivity index (χ0n) is 11.5. The van der Waals surface area contributed by atoms with Crippen LogP contribution in [0.5, 0.6) is 0 Å². The molecule has 1 saturated carbocycles. The topological polar surface area (TPSA) is 60.9 Å². The van der Waals surface area contributed by atoms with Crippen molar-refractivity contribution in [2.45, 2.75) is 31.3 Å². The molecule has 0 radical (unpaired) electrons. The van der Waals surface area contributed by atoms with Crippen LogP contribution >= 0.6 is 0 Å². The van der Waals surface area contributed by atoms with Gasteiger partial charge in [0.15, 0.2) is 0 Å². The third-order valence-corrected chi connectivity index (χ3v) is 4.17. The third kappa shape index (κ3) is 2.24. The molecule has 5 heteroatoms. The van der Waals surface area contributed by atoms with Crippen LogP contribution in [0.3, 0.4) is 0 Å². The van der Waals surface area contributed by atoms with Gasteiger partial charge in [-0.15, -0.1) is 0 Å². The molecular weight excluding hydrogens is 256 g/mol. The first kappa shape index (κ1) is 13.0. The molecule has 2 aliphatic rings. The smallest absolute Gasteiger partial charge is 0.326 e. The third-order valence-electron chi connectivity index (χ3n) is 4.17. The van der Waals surface area contributed by atoms with Crippen LogP contribution in [0, 0.1) is 0 Å². The van der Waals surface area contributed by atoms with Crippen molar-refractivity contribution in [3.8, 4) is 0 Å². The Morgan fingerprint density at radius 3 is 2.70 bits per heavy atom. The zero-order chi connectivity index (χ0) is 14.3. The van der Waals surface area contributed by atoms with Crippen molar-refractivity contribution in [1.29, 1.82) is 0 Å². The summed E-state index contributed by atoms with van der Waals surface area (Å²) in [6, 6.07) is 7.32. The number of anilines is 1. The molecule has 1 atom stereocenters. The summed E-state index contributed by atoms with van der Waals surface area (Å²) in [5.74, 6) is -0.876. The highest BCUT2D eigenvalue weighted by atomic mass is 16.4. The fourth-order valence-corrected chi connectivity index (χ4v) is 2.79. The van der Waals surface area contributed by atoms with E-state index in [9.17, 15) is 14.7 Å². The zero-order valence-corrected chi connectivity index (χ0v) is 11.5. The molecule has 106 valence electrons. The second-order valence-corrected chi connectivity index (χ2v) is 5.55. The summed E-state index contributed by atoms with van der Waals surface area (Å²) in [6.45, 7) is 0.140. The minimum absolute atomic E-state index is 0.00421. The number of amides is 1. The van der Waals surface area contributed by atoms with Crippen LogP contribution in [0.15, 0.2) is 24.3 Å². The summed E-state index contributed by atoms with van der Waals surface area (Å²) in [7, 11) is 1.80. The number of aliphatic carboxylic acids is 1. The van der Waals surface area contributed by atoms with Gasteiger partial charge in [0, 0.05) is 25.2 Å². The lowest BCUT2D eigenvalue weighted by molar-refractivity contribution is -0.138. The maximum atomic E-state index is 12.2. The van der Waals surface area contributed by atoms with Crippen molar-refractivity contribution in [2.75, 3.05) is 18.5 Å². The molecule has 5 nitrogen and oxygen atoms in total. The van der Waals surface area contributed by atoms with Gasteiger partial charge in [0.1, 0.15) is 6.04 Å². The van der Waals surface area contributed by atoms with Gasteiger partial charge < -0.3 is 14.9 Å². The first-order chi connectivity index (χ1) is 9.58. The first-order valence-corrected chi connectivity index (χ1v) is 6.91. The molecule has 1 unspecified atom stereocenters. The number of carbonyl (C=O) groups excluding carboxylic acids is 1. The van der Waals surface area contributed by atoms with Gasteiger partial charge in [0.05, 0.1) is 6.54 Å². The summed E-state index contributed by atoms with van der Waals surface area (Å²) < 4.78 is 0. The molecule has 1 fully saturated rings. The van der Waals surface area contributed by atoms with E-state index in [-0.39, 0.29) is 12.5 Å². The second kappa shape index (κ2) is 4.81. The lowest BCUT2D eigenvalue weighted by atomic mass is 10.1. The SMILES string of the molecule is CN(C(=O)CN1c2ccccc2CC1C(=O)O)C1CC1. The quantitative estimate of drug-likeness (QED) is 0.894. The van der Waals surface area contributed by atoms with Crippen LogP contribution in [0.25, 0.3) is 0 Å². The number of hydrogen-bond donors (Lipinski definition) is 1. The lowest BCUT2D eigenvalue weighted by Crippen LogP contribution is -2.45. The van der Waals surface area contributed by atoms with Crippen molar-refractivity contribution in [3.05, 3.63) is 29.8 Å². The van der Waals surface area contributed by atoms with Crippen LogP contribution in [0.2, 0.25) is 0 Å². The summed E-state index contributed by atoms with van der Waals surface area (Å²) in [6.07, 6.45) is 2.58. The number of hydrogen-bond acceptors (Lipinski definition) is 3. The monoisotopic (exact) mass is 274 g/mol. The van der Waals surface area contributed by atoms with Crippen molar-refractivity contribution < 1.29 is 14.7 Å². The number of para-hydroxylation sites is 1. The van der Waals surface area contributed by atoms with Crippen LogP contribution < -0.4 is 4.90 Å². The van der Waals surface area contributed by atoms with Crippen LogP contribution in [-0.4, -0.2) is 47.6 Å². The molecule has 0 spiro atoms. The van der Waals surface area contributed by atoms with Gasteiger partial charge in [-0.3, -0.25) is 4.79 Å². The summed E-state index contributed by atoms with van der Waals surface area (Å²) in [5, 5.41) is 9.36. The van der Waals surface area contributed by atoms with Gasteiger partial charge >= 0.3 is 5.97 Å². The Morgan fingerprint density at radius 1 is 1.35 bits per heavy atom. The van der Waals surface area contributed by atoms with E-state index in [4.69, 9.17) is 0 Å². The van der Waals surface area contributed by atoms with E-state index >= 15 is 0 Å². The van der Waals surface area contributed by atoms with Crippen molar-refractivity contribution in [1.82, 2.24) is 4.90 Å². The molecule has 3 rings (SSSR count). The molecule has 1 aromatic carbocycles. The van der Waals surface area contributed by atoms with E-state index in [1.54, 1.807) is 16.8 Å². The van der Waals surface area contributed by atoms with Crippen LogP contribution in [0.4, 0.5) is 5.69 Å². The Balaban J connectivity index is 1.81. The van der Waals surface area contributed by atoms with Gasteiger partial charge in [-0.05, 0) is 24.5 Å². The van der Waals surface area contributed by atoms with E-state index in [2.05, 4.69) is 0 Å². The molecule has 1 aliphatic heterocycles. The van der Waals surface area contributed by atoms with E-state index in [0.29, 0.717) is 12.5 Å². The molecule has 1 N–H and O–H groups in total. The van der Waals surface area contributed by atoms with Crippen molar-refractivity contribution in [2.24, 2.45) is 0 Å². The highest BCUT2D eigenvalue weighted by Gasteiger charge is 2.37. The summed E-state index contributed by atoms with van der Waals surface area (Å²) >= 11 is 0. The Morgan fingerprint density at radius 2 is 2.05 bits per heavy atom. The molecule has 1 heterocycles. The average molecular weight is 274 g/mol. The minimum atomic E-state index is -0.872. The Labute approximate surface area is 117 Å². The number of nitrogens with zero attached hydrogens (tertiary/aromatic N) is 2. The maximum absolute atomic E-state index is 12.2. The number of likely N-dealkylation sites (N-methyl/N-ethyl adjacent to an activating group) is 1. The first-order valence-electron chi connectivity index (χ1n) is 6.91. The van der Waals surface area contributed by atoms with E-state index in [1.165, 1.54) is 0 Å². The van der Waals surface area contributed by atoms with Crippen molar-refractivity contribution in [3.63, 3.8) is 0 Å². The molecule has 0 bridgehead atoms. The van der Waals surface area contributed by atoms with Gasteiger partial charge in [-0.2, -0.15) is 0 Å². The number of carboxylic acids is 1. The molecule has 1 amide bonds. The number of carbonyl (C=O) groups is 2. The van der Waals surface area contributed by atoms with Gasteiger partial charge in [-0.1, -0.05) is 18.2 Å². The number of fused-ring (bicyclic) bond motifs is 1. The highest BCUT2D eigenvalue weighted by Crippen LogP contribution is 2.32. The second-order valence-electron chi connectivity index (χ2n) is 5.55. The van der Waals surface area contributed by atoms with Crippen molar-refractivity contribution >= 4 is 17.6 Å². The van der Waals surface area contributed by atoms with Gasteiger partial charge in [0.25, 0.3) is 0 Å². The predicted octanol–water partition coefficient (Wildman–Crippen LogP) is 1.12. The highest BCUT2D eigenvalue weighted by molar-refractivity contribution is 5.88. The fraction of sp³-hybridized carbons (Fsp3) is 0.467. The van der Waals surface area contributed by atoms with Gasteiger partial charge in [0.2, 0.25) is 5.91 Å². The predicted molar refractivity (Wildman–Crippen MR) is 74.7 cm³/mol. The number of rotatable bonds is 4. The summed E-state index contributed by atoms with van der Waals surface area (Å²) in [4.78, 5) is 27.1. The summed E-state index contributed by atoms with van der Waals surface area (Å²) in [5.41, 5.74) is 1.87. The Kier molecular flexibility index (Phi) is 3.12. The average Bonchev–Trinajstić information content (AvgIpc) is 3.21. The lowest BCUT2D eigenvalue weighted by Gasteiger charge is -2.26. The Hall–Kier alpha value is -2.04. The van der Waals surface area contributed by atoms with E-state index in [1.807, 2.05) is 24.3 Å². The molecule has 20 heavy (non-hydrogen) atoms. The van der Waals surface area contributed by atoms with E-state index in [0.717, 1.165) is 24.1 Å². The normalized spacial score (nSPS) is 20.6. The molecule has 1 aromatic rings. The largest absolute Gasteiger partial charge is 0.480 e. The number of benzene rings is 1. The molecule has 0 saturated heterocycles. The molecule has 1 aliphatic carbocycles. The van der Waals surface area contributed by atoms with Crippen LogP contribution in [0.1, 0.15) is 18.4 Å².